The highest BCUT2D eigenvalue weighted by atomic mass is 35.5. The zero-order chi connectivity index (χ0) is 26.5. The predicted octanol–water partition coefficient (Wildman–Crippen LogP) is 6.70. The van der Waals surface area contributed by atoms with E-state index in [1.54, 1.807) is 49.6 Å². The van der Waals surface area contributed by atoms with Gasteiger partial charge in [0.2, 0.25) is 17.6 Å². The number of piperidine rings is 1. The minimum atomic E-state index is -0.133. The van der Waals surface area contributed by atoms with Gasteiger partial charge in [0.15, 0.2) is 5.75 Å². The zero-order valence-electron chi connectivity index (χ0n) is 20.7. The number of benzene rings is 3. The number of hydrogen-bond donors (Lipinski definition) is 1. The monoisotopic (exact) mass is 552 g/mol. The fourth-order valence-corrected chi connectivity index (χ4v) is 4.57. The van der Waals surface area contributed by atoms with E-state index < -0.39 is 0 Å². The lowest BCUT2D eigenvalue weighted by Crippen LogP contribution is -2.37. The Morgan fingerprint density at radius 3 is 2.39 bits per heavy atom. The number of likely N-dealkylation sites (tertiary alicyclic amines) is 1. The van der Waals surface area contributed by atoms with Crippen LogP contribution in [0.25, 0.3) is 11.4 Å². The second-order valence-corrected chi connectivity index (χ2v) is 9.85. The standard InChI is InChI=1S/C28H26Cl2N4O4/c1-36-22-7-9-23(10-8-22)37-25-11-6-21(30)16-24(25)31-28(35)19-12-14-34(15-13-19)17-26-32-27(33-38-26)18-2-4-20(29)5-3-18/h2-11,16,19H,12-15,17H2,1H3,(H,31,35). The normalized spacial score (nSPS) is 14.3. The largest absolute Gasteiger partial charge is 0.497 e. The maximum Gasteiger partial charge on any atom is 0.241 e. The van der Waals surface area contributed by atoms with Crippen molar-refractivity contribution >= 4 is 34.8 Å². The van der Waals surface area contributed by atoms with E-state index in [2.05, 4.69) is 20.4 Å². The molecule has 1 saturated heterocycles. The van der Waals surface area contributed by atoms with E-state index in [-0.39, 0.29) is 11.8 Å². The van der Waals surface area contributed by atoms with Gasteiger partial charge in [-0.15, -0.1) is 0 Å². The Hall–Kier alpha value is -3.59. The summed E-state index contributed by atoms with van der Waals surface area (Å²) in [5.41, 5.74) is 1.37. The highest BCUT2D eigenvalue weighted by molar-refractivity contribution is 6.31. The summed E-state index contributed by atoms with van der Waals surface area (Å²) in [6, 6.07) is 19.7. The smallest absolute Gasteiger partial charge is 0.241 e. The summed E-state index contributed by atoms with van der Waals surface area (Å²) in [4.78, 5) is 19.8. The van der Waals surface area contributed by atoms with Crippen molar-refractivity contribution in [1.29, 1.82) is 0 Å². The van der Waals surface area contributed by atoms with Crippen LogP contribution in [0.5, 0.6) is 17.2 Å². The zero-order valence-corrected chi connectivity index (χ0v) is 22.2. The number of ether oxygens (including phenoxy) is 2. The van der Waals surface area contributed by atoms with E-state index >= 15 is 0 Å². The van der Waals surface area contributed by atoms with Gasteiger partial charge < -0.3 is 19.3 Å². The summed E-state index contributed by atoms with van der Waals surface area (Å²) in [6.07, 6.45) is 1.42. The summed E-state index contributed by atoms with van der Waals surface area (Å²) in [5.74, 6) is 2.74. The second kappa shape index (κ2) is 11.9. The fraction of sp³-hybridized carbons (Fsp3) is 0.250. The van der Waals surface area contributed by atoms with E-state index in [0.717, 1.165) is 24.4 Å². The number of amides is 1. The summed E-state index contributed by atoms with van der Waals surface area (Å²) in [6.45, 7) is 2.01. The topological polar surface area (TPSA) is 89.7 Å². The molecule has 2 heterocycles. The van der Waals surface area contributed by atoms with Gasteiger partial charge in [-0.25, -0.2) is 0 Å². The molecule has 3 aromatic carbocycles. The van der Waals surface area contributed by atoms with Crippen molar-refractivity contribution in [3.05, 3.63) is 82.7 Å². The van der Waals surface area contributed by atoms with Crippen LogP contribution in [0.1, 0.15) is 18.7 Å². The number of nitrogens with one attached hydrogen (secondary N) is 1. The van der Waals surface area contributed by atoms with Gasteiger partial charge in [0.05, 0.1) is 19.3 Å². The van der Waals surface area contributed by atoms with Crippen molar-refractivity contribution in [1.82, 2.24) is 15.0 Å². The maximum atomic E-state index is 13.1. The van der Waals surface area contributed by atoms with Gasteiger partial charge >= 0.3 is 0 Å². The van der Waals surface area contributed by atoms with Crippen LogP contribution >= 0.6 is 23.2 Å². The number of rotatable bonds is 8. The molecule has 0 spiro atoms. The highest BCUT2D eigenvalue weighted by Gasteiger charge is 2.27. The lowest BCUT2D eigenvalue weighted by molar-refractivity contribution is -0.121. The molecule has 5 rings (SSSR count). The van der Waals surface area contributed by atoms with E-state index in [9.17, 15) is 4.79 Å². The number of aromatic nitrogens is 2. The van der Waals surface area contributed by atoms with Crippen LogP contribution in [-0.2, 0) is 11.3 Å². The molecule has 0 unspecified atom stereocenters. The minimum Gasteiger partial charge on any atom is -0.497 e. The maximum absolute atomic E-state index is 13.1. The highest BCUT2D eigenvalue weighted by Crippen LogP contribution is 2.34. The Bertz CT molecular complexity index is 1380. The van der Waals surface area contributed by atoms with Crippen LogP contribution in [0, 0.1) is 5.92 Å². The van der Waals surface area contributed by atoms with Gasteiger partial charge in [0, 0.05) is 21.5 Å². The Labute approximate surface area is 230 Å². The third kappa shape index (κ3) is 6.45. The molecule has 4 aromatic rings. The van der Waals surface area contributed by atoms with Gasteiger partial charge in [0.1, 0.15) is 11.5 Å². The average molecular weight is 553 g/mol. The first-order valence-electron chi connectivity index (χ1n) is 12.2. The minimum absolute atomic E-state index is 0.0608. The molecule has 0 aliphatic carbocycles. The van der Waals surface area contributed by atoms with Crippen molar-refractivity contribution < 1.29 is 18.8 Å². The fourth-order valence-electron chi connectivity index (χ4n) is 4.27. The van der Waals surface area contributed by atoms with Crippen molar-refractivity contribution in [2.24, 2.45) is 5.92 Å². The third-order valence-corrected chi connectivity index (χ3v) is 6.86. The van der Waals surface area contributed by atoms with Crippen molar-refractivity contribution in [2.75, 3.05) is 25.5 Å². The quantitative estimate of drug-likeness (QED) is 0.260. The van der Waals surface area contributed by atoms with Gasteiger partial charge in [-0.2, -0.15) is 4.98 Å². The van der Waals surface area contributed by atoms with Crippen molar-refractivity contribution in [2.45, 2.75) is 19.4 Å². The van der Waals surface area contributed by atoms with Crippen LogP contribution in [0.15, 0.2) is 71.3 Å². The molecule has 1 aliphatic rings. The molecule has 0 atom stereocenters. The van der Waals surface area contributed by atoms with Gasteiger partial charge in [-0.1, -0.05) is 28.4 Å². The lowest BCUT2D eigenvalue weighted by atomic mass is 9.96. The Kier molecular flexibility index (Phi) is 8.12. The first kappa shape index (κ1) is 26.0. The number of carbonyl (C=O) groups excluding carboxylic acids is 1. The van der Waals surface area contributed by atoms with Crippen LogP contribution in [-0.4, -0.2) is 41.1 Å². The molecule has 0 bridgehead atoms. The molecule has 1 N–H and O–H groups in total. The molecule has 1 aromatic heterocycles. The molecule has 0 saturated carbocycles. The first-order valence-corrected chi connectivity index (χ1v) is 13.0. The molecular formula is C28H26Cl2N4O4. The number of halogens is 2. The Morgan fingerprint density at radius 1 is 1.00 bits per heavy atom. The van der Waals surface area contributed by atoms with Crippen LogP contribution in [0.2, 0.25) is 10.0 Å². The number of nitrogens with zero attached hydrogens (tertiary/aromatic N) is 3. The molecule has 10 heteroatoms. The van der Waals surface area contributed by atoms with Gasteiger partial charge in [0.25, 0.3) is 0 Å². The second-order valence-electron chi connectivity index (χ2n) is 8.98. The number of carbonyl (C=O) groups is 1. The van der Waals surface area contributed by atoms with Crippen LogP contribution in [0.4, 0.5) is 5.69 Å². The van der Waals surface area contributed by atoms with E-state index in [0.29, 0.717) is 58.3 Å². The van der Waals surface area contributed by atoms with Gasteiger partial charge in [-0.05, 0) is 92.7 Å². The molecule has 0 radical (unpaired) electrons. The van der Waals surface area contributed by atoms with Crippen LogP contribution in [0.3, 0.4) is 0 Å². The van der Waals surface area contributed by atoms with E-state index in [1.165, 1.54) is 0 Å². The first-order chi connectivity index (χ1) is 18.5. The Morgan fingerprint density at radius 2 is 1.68 bits per heavy atom. The molecule has 1 aliphatic heterocycles. The van der Waals surface area contributed by atoms with Crippen molar-refractivity contribution in [3.63, 3.8) is 0 Å². The lowest BCUT2D eigenvalue weighted by Gasteiger charge is -2.30. The summed E-state index contributed by atoms with van der Waals surface area (Å²) in [7, 11) is 1.61. The molecule has 8 nitrogen and oxygen atoms in total. The average Bonchev–Trinajstić information content (AvgIpc) is 3.40. The third-order valence-electron chi connectivity index (χ3n) is 6.37. The molecule has 1 amide bonds. The number of anilines is 1. The molecule has 196 valence electrons. The van der Waals surface area contributed by atoms with Crippen molar-refractivity contribution in [3.8, 4) is 28.6 Å². The molecule has 38 heavy (non-hydrogen) atoms. The summed E-state index contributed by atoms with van der Waals surface area (Å²) in [5, 5.41) is 8.25. The Balaban J connectivity index is 1.16. The summed E-state index contributed by atoms with van der Waals surface area (Å²) >= 11 is 12.2. The van der Waals surface area contributed by atoms with E-state index in [1.807, 2.05) is 24.3 Å². The number of methoxy groups -OCH3 is 1. The molecular weight excluding hydrogens is 527 g/mol. The molecule has 1 fully saturated rings. The van der Waals surface area contributed by atoms with Crippen LogP contribution < -0.4 is 14.8 Å². The SMILES string of the molecule is COc1ccc(Oc2ccc(Cl)cc2NC(=O)C2CCN(Cc3nc(-c4ccc(Cl)cc4)no3)CC2)cc1. The number of hydrogen-bond acceptors (Lipinski definition) is 7. The van der Waals surface area contributed by atoms with E-state index in [4.69, 9.17) is 37.2 Å². The predicted molar refractivity (Wildman–Crippen MR) is 146 cm³/mol. The van der Waals surface area contributed by atoms with Gasteiger partial charge in [-0.3, -0.25) is 9.69 Å². The summed E-state index contributed by atoms with van der Waals surface area (Å²) < 4.78 is 16.6.